The lowest BCUT2D eigenvalue weighted by molar-refractivity contribution is -1.02. The van der Waals surface area contributed by atoms with Crippen LogP contribution in [0, 0.1) is 6.92 Å². The van der Waals surface area contributed by atoms with Crippen LogP contribution in [0.5, 0.6) is 0 Å². The van der Waals surface area contributed by atoms with Gasteiger partial charge in [-0.25, -0.2) is 0 Å². The van der Waals surface area contributed by atoms with Crippen molar-refractivity contribution in [3.63, 3.8) is 0 Å². The Hall–Kier alpha value is -2.43. The van der Waals surface area contributed by atoms with Gasteiger partial charge in [-0.15, -0.1) is 0 Å². The molecule has 4 nitrogen and oxygen atoms in total. The second-order valence-corrected chi connectivity index (χ2v) is 8.83. The highest BCUT2D eigenvalue weighted by Crippen LogP contribution is 2.27. The average Bonchev–Trinajstić information content (AvgIpc) is 2.75. The number of amides is 1. The van der Waals surface area contributed by atoms with Crippen LogP contribution < -0.4 is 15.1 Å². The zero-order chi connectivity index (χ0) is 21.5. The Balaban J connectivity index is 1.51. The second kappa shape index (κ2) is 10.6. The number of quaternary nitrogens is 2. The standard InChI is InChI=1S/C26H35N3O/c1-20(2)24-14-8-10-21(3)25(24)27-26(30)22(4)29-18-16-28(17-19-29)15-9-13-23-11-6-5-7-12-23/h5-14,20,22H,15-19H2,1-4H3,(H,27,30)/p+2/b13-9+/t22-/m1/s1. The molecule has 4 heteroatoms. The van der Waals surface area contributed by atoms with E-state index in [9.17, 15) is 4.79 Å². The third-order valence-corrected chi connectivity index (χ3v) is 6.30. The predicted octanol–water partition coefficient (Wildman–Crippen LogP) is 1.94. The molecule has 1 aliphatic rings. The van der Waals surface area contributed by atoms with E-state index in [0.717, 1.165) is 44.0 Å². The summed E-state index contributed by atoms with van der Waals surface area (Å²) < 4.78 is 0. The Morgan fingerprint density at radius 2 is 1.70 bits per heavy atom. The fourth-order valence-corrected chi connectivity index (χ4v) is 4.25. The molecule has 0 spiro atoms. The van der Waals surface area contributed by atoms with Crippen LogP contribution in [-0.4, -0.2) is 44.7 Å². The molecule has 160 valence electrons. The summed E-state index contributed by atoms with van der Waals surface area (Å²) in [6, 6.07) is 16.7. The number of anilines is 1. The summed E-state index contributed by atoms with van der Waals surface area (Å²) in [5.74, 6) is 0.521. The summed E-state index contributed by atoms with van der Waals surface area (Å²) in [6.07, 6.45) is 4.48. The first kappa shape index (κ1) is 22.3. The minimum Gasteiger partial charge on any atom is -0.322 e. The number of nitrogens with one attached hydrogen (secondary N) is 3. The molecule has 30 heavy (non-hydrogen) atoms. The number of aryl methyl sites for hydroxylation is 1. The van der Waals surface area contributed by atoms with Gasteiger partial charge in [0, 0.05) is 5.69 Å². The lowest BCUT2D eigenvalue weighted by Gasteiger charge is -2.32. The number of carbonyl (C=O) groups is 1. The van der Waals surface area contributed by atoms with Gasteiger partial charge in [0.25, 0.3) is 5.91 Å². The van der Waals surface area contributed by atoms with Crippen molar-refractivity contribution in [1.82, 2.24) is 0 Å². The molecular weight excluding hydrogens is 370 g/mol. The zero-order valence-electron chi connectivity index (χ0n) is 18.9. The van der Waals surface area contributed by atoms with Crippen molar-refractivity contribution in [3.05, 3.63) is 71.3 Å². The van der Waals surface area contributed by atoms with E-state index in [-0.39, 0.29) is 11.9 Å². The number of rotatable bonds is 7. The third kappa shape index (κ3) is 5.80. The first-order chi connectivity index (χ1) is 14.5. The first-order valence-electron chi connectivity index (χ1n) is 11.3. The molecule has 0 aromatic heterocycles. The molecule has 2 aromatic carbocycles. The summed E-state index contributed by atoms with van der Waals surface area (Å²) in [6.45, 7) is 13.8. The van der Waals surface area contributed by atoms with Gasteiger partial charge in [-0.05, 0) is 42.5 Å². The van der Waals surface area contributed by atoms with Crippen LogP contribution in [0.4, 0.5) is 5.69 Å². The SMILES string of the molecule is Cc1cccc(C(C)C)c1NC(=O)[C@@H](C)[NH+]1CC[NH+](C/C=C/c2ccccc2)CC1. The van der Waals surface area contributed by atoms with Gasteiger partial charge < -0.3 is 15.1 Å². The van der Waals surface area contributed by atoms with Gasteiger partial charge in [-0.1, -0.05) is 68.5 Å². The molecule has 0 radical (unpaired) electrons. The lowest BCUT2D eigenvalue weighted by Crippen LogP contribution is -3.29. The van der Waals surface area contributed by atoms with E-state index in [4.69, 9.17) is 0 Å². The van der Waals surface area contributed by atoms with Crippen molar-refractivity contribution < 1.29 is 14.6 Å². The molecule has 0 saturated carbocycles. The first-order valence-corrected chi connectivity index (χ1v) is 11.3. The zero-order valence-corrected chi connectivity index (χ0v) is 18.9. The minimum absolute atomic E-state index is 0.0361. The minimum atomic E-state index is -0.0361. The van der Waals surface area contributed by atoms with Crippen molar-refractivity contribution in [3.8, 4) is 0 Å². The Bertz CT molecular complexity index is 852. The lowest BCUT2D eigenvalue weighted by atomic mass is 9.98. The Labute approximate surface area is 181 Å². The highest BCUT2D eigenvalue weighted by Gasteiger charge is 2.31. The maximum atomic E-state index is 13.0. The fourth-order valence-electron chi connectivity index (χ4n) is 4.25. The molecule has 3 rings (SSSR count). The summed E-state index contributed by atoms with van der Waals surface area (Å²) >= 11 is 0. The molecular formula is C26H37N3O+2. The van der Waals surface area contributed by atoms with Gasteiger partial charge >= 0.3 is 0 Å². The molecule has 1 amide bonds. The maximum Gasteiger partial charge on any atom is 0.282 e. The van der Waals surface area contributed by atoms with Crippen LogP contribution in [0.3, 0.4) is 0 Å². The van der Waals surface area contributed by atoms with Gasteiger partial charge in [0.1, 0.15) is 26.2 Å². The van der Waals surface area contributed by atoms with Crippen LogP contribution in [0.15, 0.2) is 54.6 Å². The largest absolute Gasteiger partial charge is 0.322 e. The number of para-hydroxylation sites is 1. The van der Waals surface area contributed by atoms with Crippen LogP contribution in [0.1, 0.15) is 43.4 Å². The Morgan fingerprint density at radius 3 is 2.37 bits per heavy atom. The Morgan fingerprint density at radius 1 is 1.00 bits per heavy atom. The molecule has 0 aliphatic carbocycles. The fraction of sp³-hybridized carbons (Fsp3) is 0.423. The van der Waals surface area contributed by atoms with E-state index in [1.54, 1.807) is 4.90 Å². The van der Waals surface area contributed by atoms with Gasteiger partial charge in [-0.3, -0.25) is 4.79 Å². The molecule has 1 atom stereocenters. The van der Waals surface area contributed by atoms with E-state index in [1.807, 2.05) is 6.07 Å². The molecule has 1 heterocycles. The predicted molar refractivity (Wildman–Crippen MR) is 125 cm³/mol. The van der Waals surface area contributed by atoms with Crippen molar-refractivity contribution in [2.24, 2.45) is 0 Å². The summed E-state index contributed by atoms with van der Waals surface area (Å²) in [5, 5.41) is 3.24. The summed E-state index contributed by atoms with van der Waals surface area (Å²) in [7, 11) is 0. The summed E-state index contributed by atoms with van der Waals surface area (Å²) in [5.41, 5.74) is 4.60. The number of carbonyl (C=O) groups excluding carboxylic acids is 1. The van der Waals surface area contributed by atoms with Crippen molar-refractivity contribution in [1.29, 1.82) is 0 Å². The smallest absolute Gasteiger partial charge is 0.282 e. The van der Waals surface area contributed by atoms with Crippen molar-refractivity contribution in [2.75, 3.05) is 38.0 Å². The molecule has 1 saturated heterocycles. The monoisotopic (exact) mass is 407 g/mol. The topological polar surface area (TPSA) is 38.0 Å². The van der Waals surface area contributed by atoms with E-state index in [0.29, 0.717) is 5.92 Å². The molecule has 0 bridgehead atoms. The van der Waals surface area contributed by atoms with E-state index < -0.39 is 0 Å². The van der Waals surface area contributed by atoms with Crippen LogP contribution in [-0.2, 0) is 4.79 Å². The van der Waals surface area contributed by atoms with Crippen LogP contribution in [0.25, 0.3) is 6.08 Å². The second-order valence-electron chi connectivity index (χ2n) is 8.83. The Kier molecular flexibility index (Phi) is 7.83. The van der Waals surface area contributed by atoms with Gasteiger partial charge in [0.2, 0.25) is 0 Å². The molecule has 0 unspecified atom stereocenters. The highest BCUT2D eigenvalue weighted by molar-refractivity contribution is 5.95. The molecule has 1 fully saturated rings. The average molecular weight is 408 g/mol. The summed E-state index contributed by atoms with van der Waals surface area (Å²) in [4.78, 5) is 16.0. The third-order valence-electron chi connectivity index (χ3n) is 6.30. The van der Waals surface area contributed by atoms with Crippen LogP contribution >= 0.6 is 0 Å². The van der Waals surface area contributed by atoms with E-state index in [2.05, 4.69) is 87.6 Å². The molecule has 3 N–H and O–H groups in total. The maximum absolute atomic E-state index is 13.0. The highest BCUT2D eigenvalue weighted by atomic mass is 16.2. The molecule has 1 aliphatic heterocycles. The van der Waals surface area contributed by atoms with Gasteiger partial charge in [0.05, 0.1) is 6.54 Å². The van der Waals surface area contributed by atoms with Crippen LogP contribution in [0.2, 0.25) is 0 Å². The number of benzene rings is 2. The van der Waals surface area contributed by atoms with Crippen molar-refractivity contribution in [2.45, 2.75) is 39.7 Å². The van der Waals surface area contributed by atoms with E-state index >= 15 is 0 Å². The van der Waals surface area contributed by atoms with Crippen molar-refractivity contribution >= 4 is 17.7 Å². The van der Waals surface area contributed by atoms with Gasteiger partial charge in [0.15, 0.2) is 6.04 Å². The quantitative estimate of drug-likeness (QED) is 0.645. The van der Waals surface area contributed by atoms with E-state index in [1.165, 1.54) is 16.0 Å². The number of hydrogen-bond donors (Lipinski definition) is 3. The molecule has 2 aromatic rings. The number of hydrogen-bond acceptors (Lipinski definition) is 1. The normalized spacial score (nSPS) is 20.4. The van der Waals surface area contributed by atoms with Gasteiger partial charge in [-0.2, -0.15) is 0 Å². The number of piperazine rings is 1.